The van der Waals surface area contributed by atoms with Crippen molar-refractivity contribution in [3.8, 4) is 0 Å². The highest BCUT2D eigenvalue weighted by atomic mass is 32.2. The molecule has 0 amide bonds. The van der Waals surface area contributed by atoms with Gasteiger partial charge in [-0.3, -0.25) is 0 Å². The van der Waals surface area contributed by atoms with Gasteiger partial charge in [-0.1, -0.05) is 17.3 Å². The first kappa shape index (κ1) is 9.52. The van der Waals surface area contributed by atoms with Gasteiger partial charge in [0.15, 0.2) is 0 Å². The summed E-state index contributed by atoms with van der Waals surface area (Å²) >= 11 is 1.76. The Morgan fingerprint density at radius 2 is 2.00 bits per heavy atom. The second-order valence-electron chi connectivity index (χ2n) is 3.64. The number of aromatic nitrogens is 3. The molecule has 74 valence electrons. The minimum Gasteiger partial charge on any atom is -0.229 e. The summed E-state index contributed by atoms with van der Waals surface area (Å²) in [6.07, 6.45) is 2.08. The molecule has 0 saturated heterocycles. The van der Waals surface area contributed by atoms with Crippen LogP contribution in [0.15, 0.2) is 24.3 Å². The lowest BCUT2D eigenvalue weighted by Crippen LogP contribution is -2.22. The van der Waals surface area contributed by atoms with Gasteiger partial charge in [-0.25, -0.2) is 4.68 Å². The average molecular weight is 207 g/mol. The van der Waals surface area contributed by atoms with Gasteiger partial charge in [0.1, 0.15) is 10.4 Å². The van der Waals surface area contributed by atoms with Crippen LogP contribution >= 0.6 is 11.8 Å². The first-order valence-electron chi connectivity index (χ1n) is 4.51. The molecule has 0 bridgehead atoms. The molecule has 0 aliphatic heterocycles. The van der Waals surface area contributed by atoms with Crippen molar-refractivity contribution < 1.29 is 0 Å². The van der Waals surface area contributed by atoms with E-state index in [0.717, 1.165) is 11.0 Å². The third-order valence-electron chi connectivity index (χ3n) is 2.36. The molecule has 0 atom stereocenters. The van der Waals surface area contributed by atoms with E-state index < -0.39 is 0 Å². The fraction of sp³-hybridized carbons (Fsp3) is 0.400. The molecule has 0 fully saturated rings. The summed E-state index contributed by atoms with van der Waals surface area (Å²) in [5.41, 5.74) is 2.04. The zero-order chi connectivity index (χ0) is 10.2. The zero-order valence-electron chi connectivity index (χ0n) is 8.56. The first-order chi connectivity index (χ1) is 6.65. The number of thioether (sulfide) groups is 1. The van der Waals surface area contributed by atoms with Crippen molar-refractivity contribution >= 4 is 22.8 Å². The van der Waals surface area contributed by atoms with E-state index >= 15 is 0 Å². The molecule has 0 spiro atoms. The van der Waals surface area contributed by atoms with Crippen molar-refractivity contribution in [1.29, 1.82) is 0 Å². The van der Waals surface area contributed by atoms with E-state index in [2.05, 4.69) is 30.4 Å². The SMILES string of the molecule is CSC(C)(C)n1nnc2ccccc21. The Kier molecular flexibility index (Phi) is 2.23. The van der Waals surface area contributed by atoms with E-state index in [9.17, 15) is 0 Å². The molecular weight excluding hydrogens is 194 g/mol. The van der Waals surface area contributed by atoms with Gasteiger partial charge in [0.05, 0.1) is 5.52 Å². The number of benzene rings is 1. The van der Waals surface area contributed by atoms with Gasteiger partial charge < -0.3 is 0 Å². The molecule has 4 heteroatoms. The third kappa shape index (κ3) is 1.39. The number of hydrogen-bond donors (Lipinski definition) is 0. The maximum Gasteiger partial charge on any atom is 0.113 e. The Morgan fingerprint density at radius 3 is 2.71 bits per heavy atom. The average Bonchev–Trinajstić information content (AvgIpc) is 2.61. The van der Waals surface area contributed by atoms with Crippen LogP contribution in [0.5, 0.6) is 0 Å². The Morgan fingerprint density at radius 1 is 1.29 bits per heavy atom. The number of rotatable bonds is 2. The maximum atomic E-state index is 4.18. The summed E-state index contributed by atoms with van der Waals surface area (Å²) in [5.74, 6) is 0. The second kappa shape index (κ2) is 3.28. The molecule has 1 aromatic heterocycles. The molecule has 0 aliphatic rings. The lowest BCUT2D eigenvalue weighted by atomic mass is 10.3. The molecule has 0 saturated carbocycles. The highest BCUT2D eigenvalue weighted by Crippen LogP contribution is 2.29. The molecule has 14 heavy (non-hydrogen) atoms. The van der Waals surface area contributed by atoms with Crippen LogP contribution < -0.4 is 0 Å². The molecule has 2 aromatic rings. The summed E-state index contributed by atoms with van der Waals surface area (Å²) in [4.78, 5) is -0.0455. The van der Waals surface area contributed by atoms with Crippen LogP contribution in [-0.4, -0.2) is 21.2 Å². The Labute approximate surface area is 87.5 Å². The monoisotopic (exact) mass is 207 g/mol. The van der Waals surface area contributed by atoms with Gasteiger partial charge in [-0.05, 0) is 32.2 Å². The predicted molar refractivity (Wildman–Crippen MR) is 60.4 cm³/mol. The van der Waals surface area contributed by atoms with Gasteiger partial charge in [-0.15, -0.1) is 16.9 Å². The molecule has 0 radical (unpaired) electrons. The quantitative estimate of drug-likeness (QED) is 0.758. The van der Waals surface area contributed by atoms with Crippen LogP contribution in [0.4, 0.5) is 0 Å². The second-order valence-corrected chi connectivity index (χ2v) is 5.05. The summed E-state index contributed by atoms with van der Waals surface area (Å²) in [7, 11) is 0. The van der Waals surface area contributed by atoms with Crippen LogP contribution in [0.1, 0.15) is 13.8 Å². The molecule has 1 heterocycles. The predicted octanol–water partition coefficient (Wildman–Crippen LogP) is 2.49. The number of para-hydroxylation sites is 1. The van der Waals surface area contributed by atoms with Crippen molar-refractivity contribution in [3.05, 3.63) is 24.3 Å². The largest absolute Gasteiger partial charge is 0.229 e. The fourth-order valence-corrected chi connectivity index (χ4v) is 1.66. The van der Waals surface area contributed by atoms with Gasteiger partial charge in [0, 0.05) is 0 Å². The first-order valence-corrected chi connectivity index (χ1v) is 5.74. The molecule has 0 unspecified atom stereocenters. The van der Waals surface area contributed by atoms with Crippen molar-refractivity contribution in [1.82, 2.24) is 15.0 Å². The van der Waals surface area contributed by atoms with Gasteiger partial charge >= 0.3 is 0 Å². The van der Waals surface area contributed by atoms with Crippen molar-refractivity contribution in [2.75, 3.05) is 6.26 Å². The molecule has 3 nitrogen and oxygen atoms in total. The van der Waals surface area contributed by atoms with E-state index in [1.807, 2.05) is 28.9 Å². The minimum absolute atomic E-state index is 0.0455. The normalized spacial score (nSPS) is 12.2. The standard InChI is InChI=1S/C10H13N3S/c1-10(2,14-3)13-9-7-5-4-6-8(9)11-12-13/h4-7H,1-3H3. The summed E-state index contributed by atoms with van der Waals surface area (Å²) in [6, 6.07) is 8.02. The molecule has 0 aliphatic carbocycles. The van der Waals surface area contributed by atoms with E-state index in [4.69, 9.17) is 0 Å². The van der Waals surface area contributed by atoms with E-state index in [-0.39, 0.29) is 4.87 Å². The highest BCUT2D eigenvalue weighted by molar-refractivity contribution is 7.99. The lowest BCUT2D eigenvalue weighted by Gasteiger charge is -2.22. The number of nitrogens with zero attached hydrogens (tertiary/aromatic N) is 3. The topological polar surface area (TPSA) is 30.7 Å². The Hall–Kier alpha value is -1.03. The maximum absolute atomic E-state index is 4.18. The lowest BCUT2D eigenvalue weighted by molar-refractivity contribution is 0.479. The van der Waals surface area contributed by atoms with E-state index in [0.29, 0.717) is 0 Å². The van der Waals surface area contributed by atoms with Crippen molar-refractivity contribution in [2.24, 2.45) is 0 Å². The molecule has 1 aromatic carbocycles. The van der Waals surface area contributed by atoms with Gasteiger partial charge in [-0.2, -0.15) is 0 Å². The van der Waals surface area contributed by atoms with Crippen molar-refractivity contribution in [2.45, 2.75) is 18.7 Å². The summed E-state index contributed by atoms with van der Waals surface area (Å²) < 4.78 is 1.97. The highest BCUT2D eigenvalue weighted by Gasteiger charge is 2.21. The Bertz CT molecular complexity index is 447. The minimum atomic E-state index is -0.0455. The van der Waals surface area contributed by atoms with Crippen LogP contribution in [-0.2, 0) is 4.87 Å². The van der Waals surface area contributed by atoms with Crippen LogP contribution in [0.2, 0.25) is 0 Å². The number of fused-ring (bicyclic) bond motifs is 1. The third-order valence-corrected chi connectivity index (χ3v) is 3.53. The number of hydrogen-bond acceptors (Lipinski definition) is 3. The van der Waals surface area contributed by atoms with E-state index in [1.165, 1.54) is 0 Å². The molecule has 2 rings (SSSR count). The fourth-order valence-electron chi connectivity index (χ4n) is 1.35. The molecular formula is C10H13N3S. The van der Waals surface area contributed by atoms with Gasteiger partial charge in [0.25, 0.3) is 0 Å². The smallest absolute Gasteiger partial charge is 0.113 e. The summed E-state index contributed by atoms with van der Waals surface area (Å²) in [6.45, 7) is 4.28. The van der Waals surface area contributed by atoms with Crippen LogP contribution in [0, 0.1) is 0 Å². The Balaban J connectivity index is 2.64. The summed E-state index contributed by atoms with van der Waals surface area (Å²) in [5, 5.41) is 8.32. The van der Waals surface area contributed by atoms with Crippen molar-refractivity contribution in [3.63, 3.8) is 0 Å². The zero-order valence-corrected chi connectivity index (χ0v) is 9.38. The van der Waals surface area contributed by atoms with E-state index in [1.54, 1.807) is 11.8 Å². The molecule has 0 N–H and O–H groups in total. The van der Waals surface area contributed by atoms with Crippen LogP contribution in [0.25, 0.3) is 11.0 Å². The van der Waals surface area contributed by atoms with Gasteiger partial charge in [0.2, 0.25) is 0 Å². The van der Waals surface area contributed by atoms with Crippen LogP contribution in [0.3, 0.4) is 0 Å².